The fourth-order valence-electron chi connectivity index (χ4n) is 4.02. The summed E-state index contributed by atoms with van der Waals surface area (Å²) in [6.07, 6.45) is 3.19. The minimum Gasteiger partial charge on any atom is -0.494 e. The lowest BCUT2D eigenvalue weighted by molar-refractivity contribution is 0.0736. The van der Waals surface area contributed by atoms with Crippen molar-refractivity contribution in [3.8, 4) is 22.8 Å². The van der Waals surface area contributed by atoms with Gasteiger partial charge in [0.2, 0.25) is 0 Å². The van der Waals surface area contributed by atoms with E-state index in [0.29, 0.717) is 51.0 Å². The second-order valence-electron chi connectivity index (χ2n) is 8.43. The van der Waals surface area contributed by atoms with Crippen molar-refractivity contribution >= 4 is 40.4 Å². The number of carbonyl (C=O) groups is 2. The number of hydrogen-bond donors (Lipinski definition) is 0. The quantitative estimate of drug-likeness (QED) is 0.0887. The summed E-state index contributed by atoms with van der Waals surface area (Å²) in [5, 5.41) is 1.18. The van der Waals surface area contributed by atoms with Crippen molar-refractivity contribution in [1.82, 2.24) is 0 Å². The molecule has 5 rings (SSSR count). The third-order valence-electron chi connectivity index (χ3n) is 5.86. The Morgan fingerprint density at radius 1 is 0.868 bits per heavy atom. The van der Waals surface area contributed by atoms with E-state index < -0.39 is 5.97 Å². The van der Waals surface area contributed by atoms with E-state index in [0.717, 1.165) is 11.1 Å². The van der Waals surface area contributed by atoms with Gasteiger partial charge in [-0.15, -0.1) is 0 Å². The van der Waals surface area contributed by atoms with Gasteiger partial charge in [-0.1, -0.05) is 60.1 Å². The molecule has 4 aromatic carbocycles. The molecule has 5 aromatic rings. The molecule has 38 heavy (non-hydrogen) atoms. The molecule has 1 heterocycles. The largest absolute Gasteiger partial charge is 0.494 e. The van der Waals surface area contributed by atoms with Crippen LogP contribution in [0.1, 0.15) is 33.2 Å². The first-order valence-corrected chi connectivity index (χ1v) is 12.4. The van der Waals surface area contributed by atoms with Crippen molar-refractivity contribution in [2.24, 2.45) is 0 Å². The molecule has 1 aromatic heterocycles. The summed E-state index contributed by atoms with van der Waals surface area (Å²) in [4.78, 5) is 25.8. The molecular formula is C32H23ClO5. The number of carbonyl (C=O) groups excluding carboxylic acids is 2. The molecule has 0 fully saturated rings. The lowest BCUT2D eigenvalue weighted by Gasteiger charge is -2.07. The smallest absolute Gasteiger partial charge is 0.348 e. The van der Waals surface area contributed by atoms with E-state index >= 15 is 0 Å². The number of furan rings is 1. The molecule has 0 saturated heterocycles. The topological polar surface area (TPSA) is 65.7 Å². The molecule has 0 aliphatic rings. The molecule has 5 nitrogen and oxygen atoms in total. The number of halogens is 1. The summed E-state index contributed by atoms with van der Waals surface area (Å²) in [7, 11) is 0. The van der Waals surface area contributed by atoms with Crippen LogP contribution in [-0.4, -0.2) is 18.4 Å². The third-order valence-corrected chi connectivity index (χ3v) is 6.11. The van der Waals surface area contributed by atoms with Crippen LogP contribution >= 0.6 is 11.6 Å². The normalized spacial score (nSPS) is 11.1. The molecule has 0 radical (unpaired) electrons. The van der Waals surface area contributed by atoms with Crippen molar-refractivity contribution < 1.29 is 23.5 Å². The maximum atomic E-state index is 13.4. The van der Waals surface area contributed by atoms with E-state index in [1.54, 1.807) is 66.7 Å². The highest BCUT2D eigenvalue weighted by molar-refractivity contribution is 6.30. The number of esters is 1. The number of fused-ring (bicyclic) bond motifs is 1. The van der Waals surface area contributed by atoms with Gasteiger partial charge in [0.05, 0.1) is 6.61 Å². The van der Waals surface area contributed by atoms with E-state index in [9.17, 15) is 9.59 Å². The standard InChI is InChI=1S/C32H23ClO5/c1-2-36-26-17-19-29-27(20-26)30(31(38-29)23-6-4-3-5-7-23)32(35)37-25-15-8-21(9-16-25)10-18-28(34)22-11-13-24(33)14-12-22/h3-20H,2H2,1H3/b18-10+. The van der Waals surface area contributed by atoms with E-state index in [2.05, 4.69) is 0 Å². The minimum absolute atomic E-state index is 0.135. The van der Waals surface area contributed by atoms with Gasteiger partial charge in [0.1, 0.15) is 28.4 Å². The van der Waals surface area contributed by atoms with E-state index in [1.807, 2.05) is 43.3 Å². The monoisotopic (exact) mass is 522 g/mol. The highest BCUT2D eigenvalue weighted by atomic mass is 35.5. The average molecular weight is 523 g/mol. The van der Waals surface area contributed by atoms with Gasteiger partial charge < -0.3 is 13.9 Å². The molecule has 0 aliphatic heterocycles. The van der Waals surface area contributed by atoms with Crippen molar-refractivity contribution in [3.05, 3.63) is 125 Å². The number of ketones is 1. The summed E-state index contributed by atoms with van der Waals surface area (Å²) in [6, 6.07) is 28.4. The lowest BCUT2D eigenvalue weighted by Crippen LogP contribution is -2.09. The molecule has 0 bridgehead atoms. The minimum atomic E-state index is -0.544. The second kappa shape index (κ2) is 11.2. The highest BCUT2D eigenvalue weighted by Gasteiger charge is 2.24. The predicted molar refractivity (Wildman–Crippen MR) is 149 cm³/mol. The van der Waals surface area contributed by atoms with Gasteiger partial charge in [-0.05, 0) is 73.2 Å². The van der Waals surface area contributed by atoms with E-state index in [1.165, 1.54) is 6.08 Å². The van der Waals surface area contributed by atoms with Crippen molar-refractivity contribution in [3.63, 3.8) is 0 Å². The molecule has 188 valence electrons. The Kier molecular flexibility index (Phi) is 7.38. The number of benzene rings is 4. The average Bonchev–Trinajstić information content (AvgIpc) is 3.33. The van der Waals surface area contributed by atoms with Crippen LogP contribution in [-0.2, 0) is 0 Å². The Morgan fingerprint density at radius 2 is 1.58 bits per heavy atom. The van der Waals surface area contributed by atoms with Crippen LogP contribution in [0.3, 0.4) is 0 Å². The van der Waals surface area contributed by atoms with Crippen LogP contribution < -0.4 is 9.47 Å². The first-order valence-electron chi connectivity index (χ1n) is 12.1. The van der Waals surface area contributed by atoms with Gasteiger partial charge in [0, 0.05) is 21.5 Å². The second-order valence-corrected chi connectivity index (χ2v) is 8.86. The molecular weight excluding hydrogens is 500 g/mol. The van der Waals surface area contributed by atoms with Crippen LogP contribution in [0.5, 0.6) is 11.5 Å². The van der Waals surface area contributed by atoms with Crippen molar-refractivity contribution in [2.45, 2.75) is 6.92 Å². The van der Waals surface area contributed by atoms with Crippen molar-refractivity contribution in [2.75, 3.05) is 6.61 Å². The van der Waals surface area contributed by atoms with Crippen molar-refractivity contribution in [1.29, 1.82) is 0 Å². The third kappa shape index (κ3) is 5.53. The Balaban J connectivity index is 1.39. The molecule has 0 amide bonds. The molecule has 0 aliphatic carbocycles. The van der Waals surface area contributed by atoms with Crippen LogP contribution in [0, 0.1) is 0 Å². The van der Waals surface area contributed by atoms with Gasteiger partial charge in [-0.25, -0.2) is 4.79 Å². The van der Waals surface area contributed by atoms with Gasteiger partial charge in [-0.2, -0.15) is 0 Å². The summed E-state index contributed by atoms with van der Waals surface area (Å²) in [5.74, 6) is 0.755. The summed E-state index contributed by atoms with van der Waals surface area (Å²) in [6.45, 7) is 2.40. The van der Waals surface area contributed by atoms with Crippen LogP contribution in [0.25, 0.3) is 28.4 Å². The van der Waals surface area contributed by atoms with Gasteiger partial charge in [-0.3, -0.25) is 4.79 Å². The van der Waals surface area contributed by atoms with Crippen LogP contribution in [0.2, 0.25) is 5.02 Å². The SMILES string of the molecule is CCOc1ccc2oc(-c3ccccc3)c(C(=O)Oc3ccc(/C=C/C(=O)c4ccc(Cl)cc4)cc3)c2c1. The van der Waals surface area contributed by atoms with Gasteiger partial charge in [0.25, 0.3) is 0 Å². The number of rotatable bonds is 8. The number of allylic oxidation sites excluding steroid dienone is 1. The predicted octanol–water partition coefficient (Wildman–Crippen LogP) is 8.27. The zero-order chi connectivity index (χ0) is 26.5. The van der Waals surface area contributed by atoms with E-state index in [-0.39, 0.29) is 5.78 Å². The number of hydrogen-bond acceptors (Lipinski definition) is 5. The Hall–Kier alpha value is -4.61. The maximum absolute atomic E-state index is 13.4. The zero-order valence-electron chi connectivity index (χ0n) is 20.5. The van der Waals surface area contributed by atoms with Gasteiger partial charge >= 0.3 is 5.97 Å². The maximum Gasteiger partial charge on any atom is 0.348 e. The lowest BCUT2D eigenvalue weighted by atomic mass is 10.1. The van der Waals surface area contributed by atoms with E-state index in [4.69, 9.17) is 25.5 Å². The Labute approximate surface area is 224 Å². The first kappa shape index (κ1) is 25.1. The highest BCUT2D eigenvalue weighted by Crippen LogP contribution is 2.36. The summed E-state index contributed by atoms with van der Waals surface area (Å²) >= 11 is 5.88. The number of ether oxygens (including phenoxy) is 2. The molecule has 6 heteroatoms. The molecule has 0 spiro atoms. The summed E-state index contributed by atoms with van der Waals surface area (Å²) in [5.41, 5.74) is 2.98. The fraction of sp³-hybridized carbons (Fsp3) is 0.0625. The molecule has 0 N–H and O–H groups in total. The van der Waals surface area contributed by atoms with Gasteiger partial charge in [0.15, 0.2) is 5.78 Å². The fourth-order valence-corrected chi connectivity index (χ4v) is 4.14. The zero-order valence-corrected chi connectivity index (χ0v) is 21.3. The van der Waals surface area contributed by atoms with Crippen LogP contribution in [0.4, 0.5) is 0 Å². The summed E-state index contributed by atoms with van der Waals surface area (Å²) < 4.78 is 17.5. The Bertz CT molecular complexity index is 1620. The van der Waals surface area contributed by atoms with Crippen LogP contribution in [0.15, 0.2) is 108 Å². The first-order chi connectivity index (χ1) is 18.5. The molecule has 0 atom stereocenters. The Morgan fingerprint density at radius 3 is 2.29 bits per heavy atom. The molecule has 0 saturated carbocycles. The molecule has 0 unspecified atom stereocenters.